The van der Waals surface area contributed by atoms with E-state index in [4.69, 9.17) is 19.7 Å². The van der Waals surface area contributed by atoms with E-state index in [-0.39, 0.29) is 22.6 Å². The maximum atomic E-state index is 12.2. The standard InChI is InChI=1S/C18H14O8/c19-15(20)9-25-13-5-1-11(2-6-13)17(23)18(24)12-3-7-14(8-4-12)26-10-16(21)22/h1-8H,9-10H2,(H,19,20)(H,21,22). The Balaban J connectivity index is 2.03. The van der Waals surface area contributed by atoms with E-state index < -0.39 is 36.7 Å². The Morgan fingerprint density at radius 3 is 1.19 bits per heavy atom. The number of ether oxygens (including phenoxy) is 2. The summed E-state index contributed by atoms with van der Waals surface area (Å²) in [5, 5.41) is 17.1. The summed E-state index contributed by atoms with van der Waals surface area (Å²) < 4.78 is 9.90. The third-order valence-corrected chi connectivity index (χ3v) is 3.16. The number of carboxylic acids is 2. The van der Waals surface area contributed by atoms with E-state index in [0.717, 1.165) is 0 Å². The first kappa shape index (κ1) is 18.7. The van der Waals surface area contributed by atoms with Crippen molar-refractivity contribution in [1.29, 1.82) is 0 Å². The van der Waals surface area contributed by atoms with E-state index in [9.17, 15) is 19.2 Å². The Kier molecular flexibility index (Phi) is 6.05. The zero-order valence-corrected chi connectivity index (χ0v) is 13.4. The number of carbonyl (C=O) groups excluding carboxylic acids is 2. The first-order valence-electron chi connectivity index (χ1n) is 7.35. The lowest BCUT2D eigenvalue weighted by Gasteiger charge is -2.06. The zero-order valence-electron chi connectivity index (χ0n) is 13.4. The second-order valence-electron chi connectivity index (χ2n) is 5.07. The Labute approximate surface area is 147 Å². The van der Waals surface area contributed by atoms with E-state index in [1.54, 1.807) is 0 Å². The first-order chi connectivity index (χ1) is 12.4. The van der Waals surface area contributed by atoms with Gasteiger partial charge in [0, 0.05) is 11.1 Å². The molecule has 0 amide bonds. The molecule has 0 radical (unpaired) electrons. The van der Waals surface area contributed by atoms with Crippen molar-refractivity contribution < 1.29 is 38.9 Å². The van der Waals surface area contributed by atoms with Crippen LogP contribution in [0.3, 0.4) is 0 Å². The number of carboxylic acid groups (broad SMARTS) is 2. The molecule has 0 fully saturated rings. The molecule has 0 aromatic heterocycles. The van der Waals surface area contributed by atoms with Gasteiger partial charge in [-0.25, -0.2) is 9.59 Å². The molecule has 2 N–H and O–H groups in total. The zero-order chi connectivity index (χ0) is 19.1. The maximum Gasteiger partial charge on any atom is 0.341 e. The van der Waals surface area contributed by atoms with E-state index in [1.807, 2.05) is 0 Å². The van der Waals surface area contributed by atoms with Crippen LogP contribution in [-0.4, -0.2) is 46.9 Å². The number of ketones is 2. The minimum atomic E-state index is -1.13. The second-order valence-corrected chi connectivity index (χ2v) is 5.07. The molecule has 0 unspecified atom stereocenters. The Bertz CT molecular complexity index is 750. The number of hydrogen-bond acceptors (Lipinski definition) is 6. The fourth-order valence-electron chi connectivity index (χ4n) is 1.96. The fraction of sp³-hybridized carbons (Fsp3) is 0.111. The summed E-state index contributed by atoms with van der Waals surface area (Å²) in [7, 11) is 0. The molecule has 2 rings (SSSR count). The molecule has 0 saturated heterocycles. The molecule has 2 aromatic carbocycles. The summed E-state index contributed by atoms with van der Waals surface area (Å²) >= 11 is 0. The van der Waals surface area contributed by atoms with Gasteiger partial charge in [0.05, 0.1) is 0 Å². The van der Waals surface area contributed by atoms with Crippen LogP contribution in [0.5, 0.6) is 11.5 Å². The van der Waals surface area contributed by atoms with Crippen LogP contribution in [0.25, 0.3) is 0 Å². The van der Waals surface area contributed by atoms with Crippen molar-refractivity contribution in [3.63, 3.8) is 0 Å². The van der Waals surface area contributed by atoms with Gasteiger partial charge in [-0.2, -0.15) is 0 Å². The minimum absolute atomic E-state index is 0.129. The van der Waals surface area contributed by atoms with Crippen molar-refractivity contribution in [2.75, 3.05) is 13.2 Å². The molecule has 0 aliphatic carbocycles. The van der Waals surface area contributed by atoms with Gasteiger partial charge in [0.1, 0.15) is 11.5 Å². The maximum absolute atomic E-state index is 12.2. The fourth-order valence-corrected chi connectivity index (χ4v) is 1.96. The first-order valence-corrected chi connectivity index (χ1v) is 7.35. The van der Waals surface area contributed by atoms with E-state index in [1.165, 1.54) is 48.5 Å². The van der Waals surface area contributed by atoms with Crippen LogP contribution < -0.4 is 9.47 Å². The van der Waals surface area contributed by atoms with Gasteiger partial charge >= 0.3 is 11.9 Å². The summed E-state index contributed by atoms with van der Waals surface area (Å²) in [6, 6.07) is 11.0. The summed E-state index contributed by atoms with van der Waals surface area (Å²) in [5.41, 5.74) is 0.257. The number of Topliss-reactive ketones (excluding diaryl/α,β-unsaturated/α-hetero) is 2. The predicted molar refractivity (Wildman–Crippen MR) is 87.8 cm³/mol. The van der Waals surface area contributed by atoms with Crippen molar-refractivity contribution in [3.05, 3.63) is 59.7 Å². The molecular formula is C18H14O8. The number of benzene rings is 2. The Hall–Kier alpha value is -3.68. The third kappa shape index (κ3) is 5.17. The van der Waals surface area contributed by atoms with Gasteiger partial charge in [0.15, 0.2) is 13.2 Å². The molecule has 0 atom stereocenters. The van der Waals surface area contributed by atoms with Crippen LogP contribution in [0.15, 0.2) is 48.5 Å². The SMILES string of the molecule is O=C(O)COc1ccc(C(=O)C(=O)c2ccc(OCC(=O)O)cc2)cc1. The molecule has 8 nitrogen and oxygen atoms in total. The second kappa shape index (κ2) is 8.43. The van der Waals surface area contributed by atoms with Crippen LogP contribution in [0.2, 0.25) is 0 Å². The number of rotatable bonds is 9. The van der Waals surface area contributed by atoms with Gasteiger partial charge in [-0.1, -0.05) is 0 Å². The minimum Gasteiger partial charge on any atom is -0.482 e. The van der Waals surface area contributed by atoms with E-state index in [2.05, 4.69) is 0 Å². The van der Waals surface area contributed by atoms with Crippen LogP contribution in [-0.2, 0) is 9.59 Å². The van der Waals surface area contributed by atoms with Crippen LogP contribution in [0, 0.1) is 0 Å². The lowest BCUT2D eigenvalue weighted by Crippen LogP contribution is -2.15. The van der Waals surface area contributed by atoms with Crippen LogP contribution in [0.1, 0.15) is 20.7 Å². The third-order valence-electron chi connectivity index (χ3n) is 3.16. The molecule has 0 spiro atoms. The number of hydrogen-bond donors (Lipinski definition) is 2. The highest BCUT2D eigenvalue weighted by molar-refractivity contribution is 6.49. The topological polar surface area (TPSA) is 127 Å². The molecule has 0 saturated carbocycles. The van der Waals surface area contributed by atoms with E-state index in [0.29, 0.717) is 0 Å². The van der Waals surface area contributed by atoms with Crippen molar-refractivity contribution in [2.24, 2.45) is 0 Å². The number of carbonyl (C=O) groups is 4. The molecule has 8 heteroatoms. The van der Waals surface area contributed by atoms with E-state index >= 15 is 0 Å². The number of aliphatic carboxylic acids is 2. The van der Waals surface area contributed by atoms with Crippen LogP contribution in [0.4, 0.5) is 0 Å². The molecule has 0 bridgehead atoms. The van der Waals surface area contributed by atoms with Crippen molar-refractivity contribution in [1.82, 2.24) is 0 Å². The van der Waals surface area contributed by atoms with Gasteiger partial charge in [0.2, 0.25) is 11.6 Å². The summed E-state index contributed by atoms with van der Waals surface area (Å²) in [5.74, 6) is -3.22. The lowest BCUT2D eigenvalue weighted by molar-refractivity contribution is -0.140. The quantitative estimate of drug-likeness (QED) is 0.512. The summed E-state index contributed by atoms with van der Waals surface area (Å²) in [6.45, 7) is -1.02. The average Bonchev–Trinajstić information content (AvgIpc) is 2.64. The average molecular weight is 358 g/mol. The van der Waals surface area contributed by atoms with Gasteiger partial charge in [-0.05, 0) is 48.5 Å². The summed E-state index contributed by atoms with van der Waals surface area (Å²) in [6.07, 6.45) is 0. The Morgan fingerprint density at radius 1 is 0.615 bits per heavy atom. The Morgan fingerprint density at radius 2 is 0.923 bits per heavy atom. The van der Waals surface area contributed by atoms with Crippen molar-refractivity contribution in [2.45, 2.75) is 0 Å². The highest BCUT2D eigenvalue weighted by atomic mass is 16.5. The monoisotopic (exact) mass is 358 g/mol. The molecule has 0 aliphatic heterocycles. The summed E-state index contributed by atoms with van der Waals surface area (Å²) in [4.78, 5) is 45.3. The smallest absolute Gasteiger partial charge is 0.341 e. The van der Waals surface area contributed by atoms with Gasteiger partial charge in [-0.15, -0.1) is 0 Å². The normalized spacial score (nSPS) is 10.0. The van der Waals surface area contributed by atoms with Crippen molar-refractivity contribution >= 4 is 23.5 Å². The molecule has 2 aromatic rings. The highest BCUT2D eigenvalue weighted by Crippen LogP contribution is 2.16. The molecule has 0 aliphatic rings. The lowest BCUT2D eigenvalue weighted by atomic mass is 10.0. The predicted octanol–water partition coefficient (Wildman–Crippen LogP) is 1.68. The van der Waals surface area contributed by atoms with Crippen LogP contribution >= 0.6 is 0 Å². The molecule has 0 heterocycles. The highest BCUT2D eigenvalue weighted by Gasteiger charge is 2.18. The molecular weight excluding hydrogens is 344 g/mol. The van der Waals surface area contributed by atoms with Gasteiger partial charge < -0.3 is 19.7 Å². The molecule has 134 valence electrons. The van der Waals surface area contributed by atoms with Gasteiger partial charge in [0.25, 0.3) is 0 Å². The largest absolute Gasteiger partial charge is 0.482 e. The molecule has 26 heavy (non-hydrogen) atoms. The van der Waals surface area contributed by atoms with Crippen molar-refractivity contribution in [3.8, 4) is 11.5 Å². The van der Waals surface area contributed by atoms with Gasteiger partial charge in [-0.3, -0.25) is 9.59 Å².